The average Bonchev–Trinajstić information content (AvgIpc) is 2.39. The van der Waals surface area contributed by atoms with E-state index in [9.17, 15) is 13.6 Å². The lowest BCUT2D eigenvalue weighted by atomic mass is 10.2. The fourth-order valence-electron chi connectivity index (χ4n) is 1.95. The lowest BCUT2D eigenvalue weighted by Gasteiger charge is -2.17. The minimum Gasteiger partial charge on any atom is -0.325 e. The Kier molecular flexibility index (Phi) is 5.41. The van der Waals surface area contributed by atoms with Crippen LogP contribution in [0.1, 0.15) is 5.56 Å². The molecule has 0 saturated carbocycles. The van der Waals surface area contributed by atoms with E-state index >= 15 is 0 Å². The van der Waals surface area contributed by atoms with E-state index in [1.807, 2.05) is 0 Å². The van der Waals surface area contributed by atoms with Gasteiger partial charge in [-0.15, -0.1) is 0 Å². The summed E-state index contributed by atoms with van der Waals surface area (Å²) in [6.07, 6.45) is 3.14. The number of hydrogen-bond acceptors (Lipinski definition) is 3. The lowest BCUT2D eigenvalue weighted by molar-refractivity contribution is -0.117. The number of anilines is 1. The predicted molar refractivity (Wildman–Crippen MR) is 80.6 cm³/mol. The molecule has 22 heavy (non-hydrogen) atoms. The molecule has 116 valence electrons. The highest BCUT2D eigenvalue weighted by Gasteiger charge is 2.10. The van der Waals surface area contributed by atoms with E-state index in [0.29, 0.717) is 11.6 Å². The van der Waals surface area contributed by atoms with Crippen molar-refractivity contribution in [2.45, 2.75) is 6.54 Å². The molecule has 1 amide bonds. The van der Waals surface area contributed by atoms with E-state index in [1.165, 1.54) is 6.20 Å². The van der Waals surface area contributed by atoms with Crippen LogP contribution in [0.25, 0.3) is 0 Å². The Hall–Kier alpha value is -2.05. The van der Waals surface area contributed by atoms with Gasteiger partial charge in [0.25, 0.3) is 0 Å². The summed E-state index contributed by atoms with van der Waals surface area (Å²) in [6, 6.07) is 4.62. The first-order valence-corrected chi connectivity index (χ1v) is 6.84. The number of nitrogens with zero attached hydrogens (tertiary/aromatic N) is 2. The van der Waals surface area contributed by atoms with Crippen molar-refractivity contribution in [3.05, 3.63) is 58.9 Å². The number of carbonyl (C=O) groups is 1. The van der Waals surface area contributed by atoms with Gasteiger partial charge in [0.05, 0.1) is 11.6 Å². The van der Waals surface area contributed by atoms with Crippen LogP contribution in [-0.2, 0) is 11.3 Å². The molecule has 1 aromatic heterocycles. The summed E-state index contributed by atoms with van der Waals surface area (Å²) in [7, 11) is 1.74. The Labute approximate surface area is 131 Å². The van der Waals surface area contributed by atoms with Gasteiger partial charge in [0, 0.05) is 30.7 Å². The Morgan fingerprint density at radius 1 is 1.32 bits per heavy atom. The molecule has 4 nitrogen and oxygen atoms in total. The Morgan fingerprint density at radius 2 is 2.00 bits per heavy atom. The van der Waals surface area contributed by atoms with Crippen LogP contribution in [0.3, 0.4) is 0 Å². The largest absolute Gasteiger partial charge is 0.325 e. The van der Waals surface area contributed by atoms with Gasteiger partial charge < -0.3 is 5.32 Å². The van der Waals surface area contributed by atoms with Crippen molar-refractivity contribution in [2.24, 2.45) is 0 Å². The number of aromatic nitrogens is 1. The van der Waals surface area contributed by atoms with Crippen LogP contribution in [0, 0.1) is 11.6 Å². The first-order chi connectivity index (χ1) is 10.4. The number of nitrogens with one attached hydrogen (secondary N) is 1. The molecule has 2 rings (SSSR count). The van der Waals surface area contributed by atoms with Crippen LogP contribution in [0.15, 0.2) is 36.7 Å². The van der Waals surface area contributed by atoms with E-state index in [1.54, 1.807) is 24.2 Å². The highest BCUT2D eigenvalue weighted by atomic mass is 35.5. The molecule has 0 atom stereocenters. The number of hydrogen-bond donors (Lipinski definition) is 1. The normalized spacial score (nSPS) is 10.8. The zero-order valence-corrected chi connectivity index (χ0v) is 12.6. The van der Waals surface area contributed by atoms with Gasteiger partial charge in [0.15, 0.2) is 0 Å². The fourth-order valence-corrected chi connectivity index (χ4v) is 2.13. The molecular formula is C15H14ClF2N3O. The SMILES string of the molecule is CN(CC(=O)Nc1cc(F)cc(F)c1)Cc1ccncc1Cl. The third-order valence-corrected chi connectivity index (χ3v) is 3.20. The second-order valence-electron chi connectivity index (χ2n) is 4.85. The standard InChI is InChI=1S/C15H14ClF2N3O/c1-21(8-10-2-3-19-7-14(10)16)9-15(22)20-13-5-11(17)4-12(18)6-13/h2-7H,8-9H2,1H3,(H,20,22). The quantitative estimate of drug-likeness (QED) is 0.919. The van der Waals surface area contributed by atoms with Gasteiger partial charge in [-0.05, 0) is 30.8 Å². The maximum absolute atomic E-state index is 13.1. The molecule has 1 aromatic carbocycles. The molecule has 0 fully saturated rings. The van der Waals surface area contributed by atoms with Gasteiger partial charge in [-0.2, -0.15) is 0 Å². The number of likely N-dealkylation sites (N-methyl/N-ethyl adjacent to an activating group) is 1. The minimum atomic E-state index is -0.743. The lowest BCUT2D eigenvalue weighted by Crippen LogP contribution is -2.30. The van der Waals surface area contributed by atoms with E-state index in [-0.39, 0.29) is 18.1 Å². The molecule has 7 heteroatoms. The monoisotopic (exact) mass is 325 g/mol. The van der Waals surface area contributed by atoms with Crippen LogP contribution in [0.5, 0.6) is 0 Å². The predicted octanol–water partition coefficient (Wildman–Crippen LogP) is 3.08. The number of amides is 1. The number of halogens is 3. The molecule has 1 N–H and O–H groups in total. The summed E-state index contributed by atoms with van der Waals surface area (Å²) in [5.74, 6) is -1.86. The number of pyridine rings is 1. The first kappa shape index (κ1) is 16.3. The zero-order valence-electron chi connectivity index (χ0n) is 11.8. The van der Waals surface area contributed by atoms with Crippen LogP contribution < -0.4 is 5.32 Å². The summed E-state index contributed by atoms with van der Waals surface area (Å²) in [6.45, 7) is 0.503. The Bertz CT molecular complexity index is 661. The maximum atomic E-state index is 13.1. The van der Waals surface area contributed by atoms with Gasteiger partial charge >= 0.3 is 0 Å². The van der Waals surface area contributed by atoms with Crippen molar-refractivity contribution in [3.63, 3.8) is 0 Å². The van der Waals surface area contributed by atoms with Gasteiger partial charge in [0.2, 0.25) is 5.91 Å². The highest BCUT2D eigenvalue weighted by molar-refractivity contribution is 6.31. The van der Waals surface area contributed by atoms with Crippen molar-refractivity contribution >= 4 is 23.2 Å². The molecule has 0 spiro atoms. The van der Waals surface area contributed by atoms with E-state index < -0.39 is 11.6 Å². The molecule has 0 radical (unpaired) electrons. The van der Waals surface area contributed by atoms with Crippen LogP contribution in [0.4, 0.5) is 14.5 Å². The summed E-state index contributed by atoms with van der Waals surface area (Å²) < 4.78 is 26.1. The van der Waals surface area contributed by atoms with Crippen LogP contribution in [0.2, 0.25) is 5.02 Å². The van der Waals surface area contributed by atoms with Crippen molar-refractivity contribution < 1.29 is 13.6 Å². The smallest absolute Gasteiger partial charge is 0.238 e. The summed E-state index contributed by atoms with van der Waals surface area (Å²) >= 11 is 6.00. The Balaban J connectivity index is 1.92. The van der Waals surface area contributed by atoms with E-state index in [0.717, 1.165) is 23.8 Å². The molecule has 0 aliphatic rings. The van der Waals surface area contributed by atoms with Gasteiger partial charge in [-0.3, -0.25) is 14.7 Å². The van der Waals surface area contributed by atoms with E-state index in [4.69, 9.17) is 11.6 Å². The summed E-state index contributed by atoms with van der Waals surface area (Å²) in [4.78, 5) is 17.5. The molecule has 0 aliphatic heterocycles. The van der Waals surface area contributed by atoms with Gasteiger partial charge in [-0.1, -0.05) is 11.6 Å². The third-order valence-electron chi connectivity index (χ3n) is 2.86. The topological polar surface area (TPSA) is 45.2 Å². The van der Waals surface area contributed by atoms with Gasteiger partial charge in [-0.25, -0.2) is 8.78 Å². The van der Waals surface area contributed by atoms with Crippen molar-refractivity contribution in [1.29, 1.82) is 0 Å². The number of benzene rings is 1. The molecule has 2 aromatic rings. The summed E-state index contributed by atoms with van der Waals surface area (Å²) in [5.41, 5.74) is 0.918. The second-order valence-corrected chi connectivity index (χ2v) is 5.25. The third kappa shape index (κ3) is 4.75. The van der Waals surface area contributed by atoms with E-state index in [2.05, 4.69) is 10.3 Å². The first-order valence-electron chi connectivity index (χ1n) is 6.47. The highest BCUT2D eigenvalue weighted by Crippen LogP contribution is 2.15. The number of rotatable bonds is 5. The molecule has 0 bridgehead atoms. The van der Waals surface area contributed by atoms with Crippen LogP contribution in [-0.4, -0.2) is 29.4 Å². The van der Waals surface area contributed by atoms with Gasteiger partial charge in [0.1, 0.15) is 11.6 Å². The van der Waals surface area contributed by atoms with Crippen molar-refractivity contribution in [2.75, 3.05) is 18.9 Å². The molecule has 1 heterocycles. The zero-order chi connectivity index (χ0) is 16.1. The second kappa shape index (κ2) is 7.29. The molecular weight excluding hydrogens is 312 g/mol. The maximum Gasteiger partial charge on any atom is 0.238 e. The fraction of sp³-hybridized carbons (Fsp3) is 0.200. The average molecular weight is 326 g/mol. The molecule has 0 unspecified atom stereocenters. The molecule has 0 aliphatic carbocycles. The van der Waals surface area contributed by atoms with Crippen molar-refractivity contribution in [1.82, 2.24) is 9.88 Å². The summed E-state index contributed by atoms with van der Waals surface area (Å²) in [5, 5.41) is 2.96. The molecule has 0 saturated heterocycles. The minimum absolute atomic E-state index is 0.0524. The number of carbonyl (C=O) groups excluding carboxylic acids is 1. The van der Waals surface area contributed by atoms with Crippen LogP contribution >= 0.6 is 11.6 Å². The van der Waals surface area contributed by atoms with Crippen molar-refractivity contribution in [3.8, 4) is 0 Å². The Morgan fingerprint density at radius 3 is 2.64 bits per heavy atom.